The lowest BCUT2D eigenvalue weighted by Crippen LogP contribution is -2.05. The summed E-state index contributed by atoms with van der Waals surface area (Å²) in [4.78, 5) is 23.7. The van der Waals surface area contributed by atoms with Crippen LogP contribution < -0.4 is 14.2 Å². The van der Waals surface area contributed by atoms with Gasteiger partial charge in [-0.25, -0.2) is 4.79 Å². The number of Topliss-reactive ketones (excluding diaryl/α,β-unsaturated/α-hetero) is 1. The maximum atomic E-state index is 12.1. The number of benzene rings is 2. The molecule has 0 amide bonds. The van der Waals surface area contributed by atoms with Gasteiger partial charge in [-0.05, 0) is 55.8 Å². The molecule has 0 fully saturated rings. The Bertz CT molecular complexity index is 935. The Morgan fingerprint density at radius 1 is 1.21 bits per heavy atom. The van der Waals surface area contributed by atoms with E-state index in [2.05, 4.69) is 0 Å². The Morgan fingerprint density at radius 2 is 2.04 bits per heavy atom. The SMILES string of the molecule is CCOc1ccc(C(C)=O)cc1COC(=O)/C=C/c1cc(Cl)c2c(c1)OCO2. The summed E-state index contributed by atoms with van der Waals surface area (Å²) in [5, 5.41) is 0.408. The minimum absolute atomic E-state index is 0.0124. The molecule has 0 atom stereocenters. The molecule has 0 radical (unpaired) electrons. The molecule has 146 valence electrons. The van der Waals surface area contributed by atoms with Crippen molar-refractivity contribution in [2.24, 2.45) is 0 Å². The first-order chi connectivity index (χ1) is 13.5. The summed E-state index contributed by atoms with van der Waals surface area (Å²) in [6, 6.07) is 8.45. The summed E-state index contributed by atoms with van der Waals surface area (Å²) in [5.41, 5.74) is 1.84. The van der Waals surface area contributed by atoms with Crippen LogP contribution in [-0.4, -0.2) is 25.2 Å². The van der Waals surface area contributed by atoms with Crippen molar-refractivity contribution < 1.29 is 28.5 Å². The first-order valence-corrected chi connectivity index (χ1v) is 9.06. The fraction of sp³-hybridized carbons (Fsp3) is 0.238. The summed E-state index contributed by atoms with van der Waals surface area (Å²) in [6.07, 6.45) is 2.87. The van der Waals surface area contributed by atoms with Gasteiger partial charge in [-0.3, -0.25) is 4.79 Å². The molecule has 0 bridgehead atoms. The van der Waals surface area contributed by atoms with Gasteiger partial charge in [0.1, 0.15) is 12.4 Å². The first kappa shape index (κ1) is 19.8. The molecule has 0 unspecified atom stereocenters. The maximum Gasteiger partial charge on any atom is 0.331 e. The van der Waals surface area contributed by atoms with Gasteiger partial charge in [-0.2, -0.15) is 0 Å². The zero-order chi connectivity index (χ0) is 20.1. The number of rotatable bonds is 7. The van der Waals surface area contributed by atoms with Gasteiger partial charge in [-0.1, -0.05) is 11.6 Å². The van der Waals surface area contributed by atoms with Crippen molar-refractivity contribution in [2.75, 3.05) is 13.4 Å². The average Bonchev–Trinajstić information content (AvgIpc) is 3.15. The molecule has 0 saturated heterocycles. The molecule has 0 N–H and O–H groups in total. The van der Waals surface area contributed by atoms with Crippen LogP contribution in [0, 0.1) is 0 Å². The highest BCUT2D eigenvalue weighted by atomic mass is 35.5. The van der Waals surface area contributed by atoms with Gasteiger partial charge in [0.25, 0.3) is 0 Å². The second-order valence-electron chi connectivity index (χ2n) is 5.99. The third-order valence-electron chi connectivity index (χ3n) is 4.00. The lowest BCUT2D eigenvalue weighted by Gasteiger charge is -2.11. The molecule has 6 nitrogen and oxygen atoms in total. The third-order valence-corrected chi connectivity index (χ3v) is 4.28. The Labute approximate surface area is 167 Å². The number of carbonyl (C=O) groups is 2. The Morgan fingerprint density at radius 3 is 2.79 bits per heavy atom. The summed E-state index contributed by atoms with van der Waals surface area (Å²) in [5.74, 6) is 0.990. The molecule has 0 spiro atoms. The predicted octanol–water partition coefficient (Wildman–Crippen LogP) is 4.43. The maximum absolute atomic E-state index is 12.1. The molecule has 0 aromatic heterocycles. The van der Waals surface area contributed by atoms with Crippen LogP contribution in [0.4, 0.5) is 0 Å². The standard InChI is InChI=1S/C21H19ClO6/c1-3-25-18-6-5-15(13(2)23)10-16(18)11-26-20(24)7-4-14-8-17(22)21-19(9-14)27-12-28-21/h4-10H,3,11-12H2,1-2H3/b7-4+. The van der Waals surface area contributed by atoms with Crippen molar-refractivity contribution in [3.63, 3.8) is 0 Å². The smallest absolute Gasteiger partial charge is 0.331 e. The number of fused-ring (bicyclic) bond motifs is 1. The summed E-state index contributed by atoms with van der Waals surface area (Å²) < 4.78 is 21.4. The van der Waals surface area contributed by atoms with Crippen LogP contribution in [0.5, 0.6) is 17.2 Å². The van der Waals surface area contributed by atoms with Crippen molar-refractivity contribution >= 4 is 29.4 Å². The van der Waals surface area contributed by atoms with Crippen molar-refractivity contribution in [3.8, 4) is 17.2 Å². The van der Waals surface area contributed by atoms with E-state index in [0.717, 1.165) is 0 Å². The fourth-order valence-corrected chi connectivity index (χ4v) is 2.93. The van der Waals surface area contributed by atoms with Gasteiger partial charge in [0.2, 0.25) is 6.79 Å². The number of hydrogen-bond donors (Lipinski definition) is 0. The summed E-state index contributed by atoms with van der Waals surface area (Å²) in [7, 11) is 0. The normalized spacial score (nSPS) is 12.2. The molecule has 28 heavy (non-hydrogen) atoms. The van der Waals surface area contributed by atoms with Crippen LogP contribution in [0.2, 0.25) is 5.02 Å². The molecular weight excluding hydrogens is 384 g/mol. The third kappa shape index (κ3) is 4.64. The van der Waals surface area contributed by atoms with Gasteiger partial charge in [-0.15, -0.1) is 0 Å². The highest BCUT2D eigenvalue weighted by Crippen LogP contribution is 2.40. The summed E-state index contributed by atoms with van der Waals surface area (Å²) in [6.45, 7) is 3.90. The number of esters is 1. The minimum atomic E-state index is -0.538. The summed E-state index contributed by atoms with van der Waals surface area (Å²) >= 11 is 6.12. The van der Waals surface area contributed by atoms with Crippen molar-refractivity contribution in [3.05, 3.63) is 58.1 Å². The van der Waals surface area contributed by atoms with Crippen LogP contribution >= 0.6 is 11.6 Å². The van der Waals surface area contributed by atoms with Crippen LogP contribution in [0.3, 0.4) is 0 Å². The van der Waals surface area contributed by atoms with Gasteiger partial charge in [0.05, 0.1) is 11.6 Å². The van der Waals surface area contributed by atoms with E-state index in [9.17, 15) is 9.59 Å². The quantitative estimate of drug-likeness (QED) is 0.387. The number of hydrogen-bond acceptors (Lipinski definition) is 6. The Hall–Kier alpha value is -2.99. The molecule has 2 aromatic carbocycles. The first-order valence-electron chi connectivity index (χ1n) is 8.68. The Kier molecular flexibility index (Phi) is 6.21. The highest BCUT2D eigenvalue weighted by molar-refractivity contribution is 6.32. The number of ether oxygens (including phenoxy) is 4. The van der Waals surface area contributed by atoms with Crippen molar-refractivity contribution in [1.82, 2.24) is 0 Å². The topological polar surface area (TPSA) is 71.1 Å². The molecule has 2 aromatic rings. The van der Waals surface area contributed by atoms with Crippen LogP contribution in [0.1, 0.15) is 35.3 Å². The highest BCUT2D eigenvalue weighted by Gasteiger charge is 2.17. The lowest BCUT2D eigenvalue weighted by molar-refractivity contribution is -0.138. The van der Waals surface area contributed by atoms with E-state index in [-0.39, 0.29) is 19.2 Å². The van der Waals surface area contributed by atoms with Crippen LogP contribution in [0.15, 0.2) is 36.4 Å². The van der Waals surface area contributed by atoms with E-state index in [1.807, 2.05) is 6.92 Å². The van der Waals surface area contributed by atoms with E-state index in [1.54, 1.807) is 36.4 Å². The molecule has 0 saturated carbocycles. The number of carbonyl (C=O) groups excluding carboxylic acids is 2. The average molecular weight is 403 g/mol. The zero-order valence-electron chi connectivity index (χ0n) is 15.5. The van der Waals surface area contributed by atoms with Gasteiger partial charge >= 0.3 is 5.97 Å². The predicted molar refractivity (Wildman–Crippen MR) is 104 cm³/mol. The number of halogens is 1. The van der Waals surface area contributed by atoms with E-state index >= 15 is 0 Å². The second kappa shape index (κ2) is 8.80. The van der Waals surface area contributed by atoms with E-state index < -0.39 is 5.97 Å². The number of ketones is 1. The second-order valence-corrected chi connectivity index (χ2v) is 6.40. The van der Waals surface area contributed by atoms with Crippen molar-refractivity contribution in [1.29, 1.82) is 0 Å². The Balaban J connectivity index is 1.67. The van der Waals surface area contributed by atoms with Crippen LogP contribution in [-0.2, 0) is 16.1 Å². The lowest BCUT2D eigenvalue weighted by atomic mass is 10.1. The molecule has 1 heterocycles. The molecule has 0 aliphatic carbocycles. The van der Waals surface area contributed by atoms with Gasteiger partial charge < -0.3 is 18.9 Å². The molecule has 3 rings (SSSR count). The largest absolute Gasteiger partial charge is 0.493 e. The minimum Gasteiger partial charge on any atom is -0.493 e. The van der Waals surface area contributed by atoms with Gasteiger partial charge in [0.15, 0.2) is 17.3 Å². The monoisotopic (exact) mass is 402 g/mol. The van der Waals surface area contributed by atoms with E-state index in [1.165, 1.54) is 13.0 Å². The van der Waals surface area contributed by atoms with Gasteiger partial charge in [0, 0.05) is 17.2 Å². The van der Waals surface area contributed by atoms with E-state index in [4.69, 9.17) is 30.5 Å². The fourth-order valence-electron chi connectivity index (χ4n) is 2.65. The zero-order valence-corrected chi connectivity index (χ0v) is 16.2. The van der Waals surface area contributed by atoms with E-state index in [0.29, 0.717) is 45.6 Å². The van der Waals surface area contributed by atoms with Crippen molar-refractivity contribution in [2.45, 2.75) is 20.5 Å². The molecular formula is C21H19ClO6. The van der Waals surface area contributed by atoms with Crippen LogP contribution in [0.25, 0.3) is 6.08 Å². The molecule has 1 aliphatic rings. The molecule has 7 heteroatoms. The molecule has 1 aliphatic heterocycles.